The van der Waals surface area contributed by atoms with E-state index in [2.05, 4.69) is 31.1 Å². The third-order valence-electron chi connectivity index (χ3n) is 5.19. The molecule has 3 rings (SSSR count). The molecule has 2 atom stereocenters. The summed E-state index contributed by atoms with van der Waals surface area (Å²) >= 11 is 1.57. The molecule has 2 unspecified atom stereocenters. The zero-order chi connectivity index (χ0) is 19.2. The monoisotopic (exact) mass is 377 g/mol. The van der Waals surface area contributed by atoms with Crippen molar-refractivity contribution in [2.24, 2.45) is 11.3 Å². The Hall–Kier alpha value is -1.76. The second-order valence-electron chi connectivity index (χ2n) is 8.49. The quantitative estimate of drug-likeness (QED) is 0.765. The van der Waals surface area contributed by atoms with Crippen LogP contribution >= 0.6 is 11.3 Å². The molecule has 0 amide bonds. The fraction of sp³-hybridized carbons (Fsp3) is 0.684. The minimum Gasteiger partial charge on any atom is -0.461 e. The van der Waals surface area contributed by atoms with E-state index in [4.69, 9.17) is 4.74 Å². The molecule has 0 saturated heterocycles. The van der Waals surface area contributed by atoms with Gasteiger partial charge in [-0.25, -0.2) is 4.79 Å². The van der Waals surface area contributed by atoms with Gasteiger partial charge in [0.2, 0.25) is 0 Å². The van der Waals surface area contributed by atoms with Crippen LogP contribution in [0.25, 0.3) is 10.2 Å². The van der Waals surface area contributed by atoms with E-state index in [0.717, 1.165) is 29.5 Å². The van der Waals surface area contributed by atoms with Gasteiger partial charge < -0.3 is 4.74 Å². The van der Waals surface area contributed by atoms with Gasteiger partial charge in [-0.3, -0.25) is 4.79 Å². The molecular weight excluding hydrogens is 350 g/mol. The van der Waals surface area contributed by atoms with Gasteiger partial charge in [-0.2, -0.15) is 4.68 Å². The highest BCUT2D eigenvalue weighted by atomic mass is 32.1. The lowest BCUT2D eigenvalue weighted by molar-refractivity contribution is -0.151. The first-order valence-electron chi connectivity index (χ1n) is 9.19. The van der Waals surface area contributed by atoms with Gasteiger partial charge in [-0.05, 0) is 56.9 Å². The molecule has 6 nitrogen and oxygen atoms in total. The highest BCUT2D eigenvalue weighted by molar-refractivity contribution is 7.18. The molecule has 2 heterocycles. The smallest absolute Gasteiger partial charge is 0.331 e. The number of rotatable bonds is 3. The summed E-state index contributed by atoms with van der Waals surface area (Å²) in [5, 5.41) is 8.89. The molecule has 26 heavy (non-hydrogen) atoms. The molecule has 0 spiro atoms. The first kappa shape index (κ1) is 19.0. The van der Waals surface area contributed by atoms with E-state index in [1.165, 1.54) is 4.88 Å². The molecule has 0 radical (unpaired) electrons. The van der Waals surface area contributed by atoms with E-state index in [-0.39, 0.29) is 17.1 Å². The molecule has 0 N–H and O–H groups in total. The summed E-state index contributed by atoms with van der Waals surface area (Å²) in [4.78, 5) is 27.1. The Labute approximate surface area is 157 Å². The van der Waals surface area contributed by atoms with Crippen molar-refractivity contribution in [2.75, 3.05) is 0 Å². The van der Waals surface area contributed by atoms with Gasteiger partial charge in [0.15, 0.2) is 10.9 Å². The summed E-state index contributed by atoms with van der Waals surface area (Å²) in [6.07, 6.45) is 2.68. The van der Waals surface area contributed by atoms with Crippen molar-refractivity contribution in [1.82, 2.24) is 15.0 Å². The van der Waals surface area contributed by atoms with Crippen molar-refractivity contribution >= 4 is 27.5 Å². The van der Waals surface area contributed by atoms with Crippen LogP contribution in [-0.2, 0) is 22.4 Å². The molecule has 0 fully saturated rings. The summed E-state index contributed by atoms with van der Waals surface area (Å²) in [5.41, 5.74) is 1.10. The number of carbonyl (C=O) groups is 1. The van der Waals surface area contributed by atoms with Crippen LogP contribution < -0.4 is 5.56 Å². The Morgan fingerprint density at radius 3 is 2.62 bits per heavy atom. The average Bonchev–Trinajstić information content (AvgIpc) is 2.91. The van der Waals surface area contributed by atoms with E-state index < -0.39 is 12.0 Å². The van der Waals surface area contributed by atoms with Gasteiger partial charge in [0.25, 0.3) is 5.56 Å². The maximum absolute atomic E-state index is 13.0. The Balaban J connectivity index is 2.01. The number of aryl methyl sites for hydroxylation is 1. The van der Waals surface area contributed by atoms with Gasteiger partial charge in [0.05, 0.1) is 11.5 Å². The number of hydrogen-bond acceptors (Lipinski definition) is 6. The lowest BCUT2D eigenvalue weighted by Crippen LogP contribution is -2.33. The van der Waals surface area contributed by atoms with E-state index >= 15 is 0 Å². The van der Waals surface area contributed by atoms with Gasteiger partial charge in [0, 0.05) is 4.88 Å². The van der Waals surface area contributed by atoms with Crippen molar-refractivity contribution in [3.8, 4) is 0 Å². The third kappa shape index (κ3) is 3.41. The van der Waals surface area contributed by atoms with Gasteiger partial charge in [0.1, 0.15) is 0 Å². The summed E-state index contributed by atoms with van der Waals surface area (Å²) in [6, 6.07) is -0.789. The van der Waals surface area contributed by atoms with Crippen molar-refractivity contribution in [3.05, 3.63) is 20.8 Å². The average molecular weight is 378 g/mol. The highest BCUT2D eigenvalue weighted by Gasteiger charge is 2.32. The summed E-state index contributed by atoms with van der Waals surface area (Å²) in [5.74, 6) is 0.130. The molecular formula is C19H27N3O3S. The van der Waals surface area contributed by atoms with E-state index in [0.29, 0.717) is 16.1 Å². The zero-order valence-corrected chi connectivity index (χ0v) is 17.1. The fourth-order valence-electron chi connectivity index (χ4n) is 3.53. The van der Waals surface area contributed by atoms with Crippen LogP contribution in [0.15, 0.2) is 4.79 Å². The second-order valence-corrected chi connectivity index (χ2v) is 9.57. The summed E-state index contributed by atoms with van der Waals surface area (Å²) in [6.45, 7) is 12.0. The molecule has 0 aromatic carbocycles. The van der Waals surface area contributed by atoms with E-state index in [1.54, 1.807) is 32.1 Å². The van der Waals surface area contributed by atoms with Crippen LogP contribution in [0.4, 0.5) is 0 Å². The maximum atomic E-state index is 13.0. The topological polar surface area (TPSA) is 74.1 Å². The van der Waals surface area contributed by atoms with E-state index in [9.17, 15) is 9.59 Å². The number of hydrogen-bond donors (Lipinski definition) is 0. The molecule has 2 aromatic heterocycles. The Kier molecular flexibility index (Phi) is 4.94. The Morgan fingerprint density at radius 2 is 2.00 bits per heavy atom. The summed E-state index contributed by atoms with van der Waals surface area (Å²) in [7, 11) is 0. The lowest BCUT2D eigenvalue weighted by Gasteiger charge is -2.33. The molecule has 1 aliphatic rings. The number of ether oxygens (including phenoxy) is 1. The SMILES string of the molecule is CC(C)OC(=O)C(C)n1nnc2sc3c(c2c1=O)CCC(C(C)(C)C)C3. The van der Waals surface area contributed by atoms with Gasteiger partial charge in [-0.15, -0.1) is 16.4 Å². The Bertz CT molecular complexity index is 892. The first-order chi connectivity index (χ1) is 12.1. The maximum Gasteiger partial charge on any atom is 0.331 e. The predicted octanol–water partition coefficient (Wildman–Crippen LogP) is 3.52. The van der Waals surface area contributed by atoms with Crippen LogP contribution in [0.3, 0.4) is 0 Å². The van der Waals surface area contributed by atoms with Crippen LogP contribution in [0, 0.1) is 11.3 Å². The number of nitrogens with zero attached hydrogens (tertiary/aromatic N) is 3. The van der Waals surface area contributed by atoms with Gasteiger partial charge in [-0.1, -0.05) is 26.0 Å². The number of aromatic nitrogens is 3. The number of fused-ring (bicyclic) bond motifs is 3. The normalized spacial score (nSPS) is 18.8. The molecule has 7 heteroatoms. The van der Waals surface area contributed by atoms with Crippen LogP contribution in [-0.4, -0.2) is 27.1 Å². The minimum absolute atomic E-state index is 0.236. The first-order valence-corrected chi connectivity index (χ1v) is 10.0. The van der Waals surface area contributed by atoms with Crippen LogP contribution in [0.1, 0.15) is 64.4 Å². The second kappa shape index (κ2) is 6.76. The number of esters is 1. The fourth-order valence-corrected chi connectivity index (χ4v) is 4.76. The molecule has 0 aliphatic heterocycles. The summed E-state index contributed by atoms with van der Waals surface area (Å²) < 4.78 is 6.38. The van der Waals surface area contributed by atoms with Crippen LogP contribution in [0.2, 0.25) is 0 Å². The molecule has 1 aliphatic carbocycles. The lowest BCUT2D eigenvalue weighted by atomic mass is 9.72. The van der Waals surface area contributed by atoms with Crippen molar-refractivity contribution < 1.29 is 9.53 Å². The zero-order valence-electron chi connectivity index (χ0n) is 16.3. The standard InChI is InChI=1S/C19H27N3O3S/c1-10(2)25-18(24)11(3)22-17(23)15-13-8-7-12(19(4,5)6)9-14(13)26-16(15)20-21-22/h10-12H,7-9H2,1-6H3. The van der Waals surface area contributed by atoms with Crippen molar-refractivity contribution in [1.29, 1.82) is 0 Å². The molecule has 0 bridgehead atoms. The van der Waals surface area contributed by atoms with Gasteiger partial charge >= 0.3 is 5.97 Å². The largest absolute Gasteiger partial charge is 0.461 e. The van der Waals surface area contributed by atoms with E-state index in [1.807, 2.05) is 0 Å². The Morgan fingerprint density at radius 1 is 1.31 bits per heavy atom. The van der Waals surface area contributed by atoms with Crippen molar-refractivity contribution in [3.63, 3.8) is 0 Å². The molecule has 0 saturated carbocycles. The van der Waals surface area contributed by atoms with Crippen molar-refractivity contribution in [2.45, 2.75) is 73.0 Å². The molecule has 142 valence electrons. The predicted molar refractivity (Wildman–Crippen MR) is 103 cm³/mol. The number of thiophene rings is 1. The number of carbonyl (C=O) groups excluding carboxylic acids is 1. The minimum atomic E-state index is -0.789. The van der Waals surface area contributed by atoms with Crippen LogP contribution in [0.5, 0.6) is 0 Å². The third-order valence-corrected chi connectivity index (χ3v) is 6.32. The highest BCUT2D eigenvalue weighted by Crippen LogP contribution is 2.41. The molecule has 2 aromatic rings.